The SMILES string of the molecule is C[C@H]1COCCN1c1cc(C(=O)N2CCCCCC2)nc(-c2ccc(NC(=O)NC3CC3)cc2)n1. The summed E-state index contributed by atoms with van der Waals surface area (Å²) in [5, 5.41) is 5.79. The predicted octanol–water partition coefficient (Wildman–Crippen LogP) is 3.67. The highest BCUT2D eigenvalue weighted by atomic mass is 16.5. The van der Waals surface area contributed by atoms with Crippen molar-refractivity contribution >= 4 is 23.4 Å². The first kappa shape index (κ1) is 23.5. The van der Waals surface area contributed by atoms with Crippen LogP contribution in [-0.2, 0) is 4.74 Å². The van der Waals surface area contributed by atoms with Crippen LogP contribution in [0.2, 0.25) is 0 Å². The first-order valence-electron chi connectivity index (χ1n) is 12.8. The fourth-order valence-electron chi connectivity index (χ4n) is 4.61. The number of benzene rings is 1. The van der Waals surface area contributed by atoms with Crippen LogP contribution in [0.25, 0.3) is 11.4 Å². The number of hydrogen-bond acceptors (Lipinski definition) is 6. The minimum Gasteiger partial charge on any atom is -0.377 e. The van der Waals surface area contributed by atoms with Crippen molar-refractivity contribution in [2.24, 2.45) is 0 Å². The van der Waals surface area contributed by atoms with E-state index in [9.17, 15) is 9.59 Å². The summed E-state index contributed by atoms with van der Waals surface area (Å²) in [5.74, 6) is 1.22. The van der Waals surface area contributed by atoms with Crippen LogP contribution in [0, 0.1) is 0 Å². The van der Waals surface area contributed by atoms with Crippen LogP contribution in [0.1, 0.15) is 55.9 Å². The summed E-state index contributed by atoms with van der Waals surface area (Å²) < 4.78 is 5.61. The average Bonchev–Trinajstić information content (AvgIpc) is 3.71. The lowest BCUT2D eigenvalue weighted by Crippen LogP contribution is -2.44. The van der Waals surface area contributed by atoms with E-state index in [-0.39, 0.29) is 18.0 Å². The number of nitrogens with zero attached hydrogens (tertiary/aromatic N) is 4. The zero-order valence-electron chi connectivity index (χ0n) is 20.3. The molecule has 3 fully saturated rings. The number of morpholine rings is 1. The fraction of sp³-hybridized carbons (Fsp3) is 0.538. The molecular formula is C26H34N6O3. The highest BCUT2D eigenvalue weighted by Crippen LogP contribution is 2.26. The molecule has 2 aliphatic heterocycles. The summed E-state index contributed by atoms with van der Waals surface area (Å²) in [7, 11) is 0. The van der Waals surface area contributed by atoms with Crippen LogP contribution >= 0.6 is 0 Å². The maximum Gasteiger partial charge on any atom is 0.319 e. The summed E-state index contributed by atoms with van der Waals surface area (Å²) in [4.78, 5) is 39.2. The van der Waals surface area contributed by atoms with Gasteiger partial charge in [-0.05, 0) is 56.9 Å². The van der Waals surface area contributed by atoms with Crippen molar-refractivity contribution in [3.8, 4) is 11.4 Å². The minimum absolute atomic E-state index is 0.0345. The molecule has 2 aromatic rings. The second-order valence-electron chi connectivity index (χ2n) is 9.71. The second-order valence-corrected chi connectivity index (χ2v) is 9.71. The first-order chi connectivity index (χ1) is 17.1. The van der Waals surface area contributed by atoms with E-state index in [0.717, 1.165) is 63.0 Å². The van der Waals surface area contributed by atoms with Crippen molar-refractivity contribution in [3.63, 3.8) is 0 Å². The quantitative estimate of drug-likeness (QED) is 0.680. The molecule has 186 valence electrons. The number of nitrogens with one attached hydrogen (secondary N) is 2. The molecule has 3 amide bonds. The lowest BCUT2D eigenvalue weighted by molar-refractivity contribution is 0.0755. The van der Waals surface area contributed by atoms with Crippen LogP contribution in [0.5, 0.6) is 0 Å². The molecule has 1 atom stereocenters. The monoisotopic (exact) mass is 478 g/mol. The molecule has 5 rings (SSSR count). The van der Waals surface area contributed by atoms with Gasteiger partial charge in [0.15, 0.2) is 5.82 Å². The van der Waals surface area contributed by atoms with Gasteiger partial charge in [0.05, 0.1) is 19.3 Å². The first-order valence-corrected chi connectivity index (χ1v) is 12.8. The summed E-state index contributed by atoms with van der Waals surface area (Å²) in [6.45, 7) is 5.61. The molecule has 0 unspecified atom stereocenters. The second kappa shape index (κ2) is 10.6. The number of carbonyl (C=O) groups is 2. The van der Waals surface area contributed by atoms with Gasteiger partial charge in [-0.15, -0.1) is 0 Å². The Morgan fingerprint density at radius 1 is 1.00 bits per heavy atom. The molecule has 2 saturated heterocycles. The topological polar surface area (TPSA) is 99.7 Å². The maximum absolute atomic E-state index is 13.5. The Morgan fingerprint density at radius 3 is 2.43 bits per heavy atom. The van der Waals surface area contributed by atoms with Gasteiger partial charge >= 0.3 is 6.03 Å². The lowest BCUT2D eigenvalue weighted by atomic mass is 10.1. The zero-order valence-corrected chi connectivity index (χ0v) is 20.3. The van der Waals surface area contributed by atoms with E-state index in [0.29, 0.717) is 43.0 Å². The van der Waals surface area contributed by atoms with Crippen LogP contribution in [0.3, 0.4) is 0 Å². The van der Waals surface area contributed by atoms with Gasteiger partial charge in [0.1, 0.15) is 11.5 Å². The van der Waals surface area contributed by atoms with Gasteiger partial charge in [-0.1, -0.05) is 12.8 Å². The van der Waals surface area contributed by atoms with Crippen molar-refractivity contribution < 1.29 is 14.3 Å². The van der Waals surface area contributed by atoms with Gasteiger partial charge in [0, 0.05) is 43.0 Å². The largest absolute Gasteiger partial charge is 0.377 e. The van der Waals surface area contributed by atoms with Crippen molar-refractivity contribution in [2.45, 2.75) is 57.5 Å². The molecule has 1 aromatic heterocycles. The Labute approximate surface area is 206 Å². The zero-order chi connectivity index (χ0) is 24.2. The van der Waals surface area contributed by atoms with Crippen LogP contribution in [0.4, 0.5) is 16.3 Å². The number of rotatable bonds is 5. The number of likely N-dealkylation sites (tertiary alicyclic amines) is 1. The molecular weight excluding hydrogens is 444 g/mol. The van der Waals surface area contributed by atoms with E-state index < -0.39 is 0 Å². The molecule has 3 aliphatic rings. The number of amides is 3. The van der Waals surface area contributed by atoms with E-state index in [1.165, 1.54) is 0 Å². The molecule has 9 nitrogen and oxygen atoms in total. The number of carbonyl (C=O) groups excluding carboxylic acids is 2. The van der Waals surface area contributed by atoms with E-state index in [1.54, 1.807) is 0 Å². The highest BCUT2D eigenvalue weighted by molar-refractivity contribution is 5.94. The van der Waals surface area contributed by atoms with Crippen molar-refractivity contribution in [1.82, 2.24) is 20.2 Å². The molecule has 1 aliphatic carbocycles. The Kier molecular flexibility index (Phi) is 7.13. The van der Waals surface area contributed by atoms with Crippen molar-refractivity contribution in [3.05, 3.63) is 36.0 Å². The highest BCUT2D eigenvalue weighted by Gasteiger charge is 2.26. The fourth-order valence-corrected chi connectivity index (χ4v) is 4.61. The summed E-state index contributed by atoms with van der Waals surface area (Å²) in [6.07, 6.45) is 6.46. The Bertz CT molecular complexity index is 1050. The predicted molar refractivity (Wildman–Crippen MR) is 135 cm³/mol. The molecule has 35 heavy (non-hydrogen) atoms. The van der Waals surface area contributed by atoms with Crippen molar-refractivity contribution in [2.75, 3.05) is 43.1 Å². The smallest absolute Gasteiger partial charge is 0.319 e. The maximum atomic E-state index is 13.5. The Hall–Kier alpha value is -3.20. The summed E-state index contributed by atoms with van der Waals surface area (Å²) in [6, 6.07) is 9.54. The average molecular weight is 479 g/mol. The molecule has 0 bridgehead atoms. The van der Waals surface area contributed by atoms with E-state index in [1.807, 2.05) is 35.2 Å². The van der Waals surface area contributed by atoms with Crippen LogP contribution in [-0.4, -0.2) is 71.7 Å². The Balaban J connectivity index is 1.42. The summed E-state index contributed by atoms with van der Waals surface area (Å²) >= 11 is 0. The van der Waals surface area contributed by atoms with Gasteiger partial charge < -0.3 is 25.2 Å². The third kappa shape index (κ3) is 5.90. The number of urea groups is 1. The lowest BCUT2D eigenvalue weighted by Gasteiger charge is -2.34. The van der Waals surface area contributed by atoms with E-state index in [4.69, 9.17) is 14.7 Å². The van der Waals surface area contributed by atoms with Gasteiger partial charge in [0.2, 0.25) is 0 Å². The van der Waals surface area contributed by atoms with Crippen LogP contribution < -0.4 is 15.5 Å². The molecule has 1 saturated carbocycles. The van der Waals surface area contributed by atoms with Gasteiger partial charge in [-0.25, -0.2) is 14.8 Å². The van der Waals surface area contributed by atoms with E-state index in [2.05, 4.69) is 22.5 Å². The molecule has 0 radical (unpaired) electrons. The van der Waals surface area contributed by atoms with Gasteiger partial charge in [-0.3, -0.25) is 4.79 Å². The molecule has 2 N–H and O–H groups in total. The van der Waals surface area contributed by atoms with E-state index >= 15 is 0 Å². The van der Waals surface area contributed by atoms with Gasteiger partial charge in [0.25, 0.3) is 5.91 Å². The summed E-state index contributed by atoms with van der Waals surface area (Å²) in [5.41, 5.74) is 1.92. The number of hydrogen-bond donors (Lipinski definition) is 2. The normalized spacial score (nSPS) is 20.8. The number of ether oxygens (including phenoxy) is 1. The molecule has 3 heterocycles. The minimum atomic E-state index is -0.190. The van der Waals surface area contributed by atoms with Gasteiger partial charge in [-0.2, -0.15) is 0 Å². The number of aromatic nitrogens is 2. The number of anilines is 2. The van der Waals surface area contributed by atoms with Crippen molar-refractivity contribution in [1.29, 1.82) is 0 Å². The standard InChI is InChI=1S/C26H34N6O3/c1-18-17-35-15-14-32(18)23-16-22(25(33)31-12-4-2-3-5-13-31)29-24(30-23)19-6-8-20(9-7-19)27-26(34)28-21-10-11-21/h6-9,16,18,21H,2-5,10-15,17H2,1H3,(H2,27,28,34)/t18-/m0/s1. The molecule has 1 aromatic carbocycles. The molecule has 0 spiro atoms. The third-order valence-electron chi connectivity index (χ3n) is 6.80. The van der Waals surface area contributed by atoms with Crippen LogP contribution in [0.15, 0.2) is 30.3 Å². The Morgan fingerprint density at radius 2 is 1.74 bits per heavy atom. The third-order valence-corrected chi connectivity index (χ3v) is 6.80. The molecule has 9 heteroatoms.